The third-order valence-corrected chi connectivity index (χ3v) is 3.89. The lowest BCUT2D eigenvalue weighted by atomic mass is 9.86. The Balaban J connectivity index is 2.16. The molecule has 2 aromatic rings. The second kappa shape index (κ2) is 7.71. The van der Waals surface area contributed by atoms with Gasteiger partial charge < -0.3 is 16.2 Å². The van der Waals surface area contributed by atoms with Crippen molar-refractivity contribution in [1.82, 2.24) is 19.9 Å². The Labute approximate surface area is 147 Å². The molecule has 136 valence electrons. The summed E-state index contributed by atoms with van der Waals surface area (Å²) in [5.74, 6) is 0.556. The van der Waals surface area contributed by atoms with E-state index in [1.165, 1.54) is 12.1 Å². The Bertz CT molecular complexity index is 701. The standard InChI is InChI=1S/C17H25FN6O/c1-17(2,3)13(10-25)24(4)9-14-21-15(19)23-16(22-14)20-12-7-5-11(18)6-8-12/h5-8,13,25H,9-10H2,1-4H3,(H3,19,20,21,22,23). The number of nitrogens with zero attached hydrogens (tertiary/aromatic N) is 4. The lowest BCUT2D eigenvalue weighted by molar-refractivity contribution is 0.0598. The maximum Gasteiger partial charge on any atom is 0.232 e. The SMILES string of the molecule is CN(Cc1nc(N)nc(Nc2ccc(F)cc2)n1)C(CO)C(C)(C)C. The number of nitrogens with one attached hydrogen (secondary N) is 1. The van der Waals surface area contributed by atoms with Crippen molar-refractivity contribution in [2.24, 2.45) is 5.41 Å². The van der Waals surface area contributed by atoms with Crippen molar-refractivity contribution in [3.63, 3.8) is 0 Å². The van der Waals surface area contributed by atoms with E-state index in [-0.39, 0.29) is 29.8 Å². The lowest BCUT2D eigenvalue weighted by Crippen LogP contribution is -2.44. The third-order valence-electron chi connectivity index (χ3n) is 3.89. The van der Waals surface area contributed by atoms with E-state index in [9.17, 15) is 9.50 Å². The van der Waals surface area contributed by atoms with Gasteiger partial charge >= 0.3 is 0 Å². The molecule has 0 bridgehead atoms. The molecule has 0 saturated heterocycles. The molecule has 25 heavy (non-hydrogen) atoms. The van der Waals surface area contributed by atoms with E-state index in [1.807, 2.05) is 11.9 Å². The van der Waals surface area contributed by atoms with Crippen molar-refractivity contribution in [1.29, 1.82) is 0 Å². The molecule has 1 unspecified atom stereocenters. The molecule has 1 atom stereocenters. The number of hydrogen-bond acceptors (Lipinski definition) is 7. The summed E-state index contributed by atoms with van der Waals surface area (Å²) in [6.07, 6.45) is 0. The first-order chi connectivity index (χ1) is 11.7. The van der Waals surface area contributed by atoms with Gasteiger partial charge in [0.2, 0.25) is 11.9 Å². The highest BCUT2D eigenvalue weighted by atomic mass is 19.1. The Morgan fingerprint density at radius 3 is 2.40 bits per heavy atom. The summed E-state index contributed by atoms with van der Waals surface area (Å²) in [5.41, 5.74) is 6.32. The molecule has 0 amide bonds. The first kappa shape index (κ1) is 19.0. The van der Waals surface area contributed by atoms with Crippen LogP contribution in [0.25, 0.3) is 0 Å². The summed E-state index contributed by atoms with van der Waals surface area (Å²) in [6.45, 7) is 6.63. The van der Waals surface area contributed by atoms with Crippen LogP contribution < -0.4 is 11.1 Å². The smallest absolute Gasteiger partial charge is 0.232 e. The molecule has 0 radical (unpaired) electrons. The van der Waals surface area contributed by atoms with E-state index < -0.39 is 0 Å². The van der Waals surface area contributed by atoms with E-state index in [2.05, 4.69) is 41.0 Å². The van der Waals surface area contributed by atoms with Crippen LogP contribution in [0.4, 0.5) is 22.0 Å². The molecule has 1 aromatic carbocycles. The number of rotatable bonds is 6. The number of anilines is 3. The normalized spacial score (nSPS) is 13.1. The van der Waals surface area contributed by atoms with Crippen molar-refractivity contribution < 1.29 is 9.50 Å². The summed E-state index contributed by atoms with van der Waals surface area (Å²) in [7, 11) is 1.90. The second-order valence-corrected chi connectivity index (χ2v) is 7.04. The van der Waals surface area contributed by atoms with Crippen LogP contribution in [0.15, 0.2) is 24.3 Å². The fourth-order valence-electron chi connectivity index (χ4n) is 2.63. The molecule has 1 heterocycles. The number of aliphatic hydroxyl groups excluding tert-OH is 1. The number of benzene rings is 1. The van der Waals surface area contributed by atoms with Gasteiger partial charge in [0, 0.05) is 11.7 Å². The van der Waals surface area contributed by atoms with E-state index in [0.717, 1.165) is 0 Å². The van der Waals surface area contributed by atoms with Gasteiger partial charge in [-0.25, -0.2) is 4.39 Å². The van der Waals surface area contributed by atoms with Gasteiger partial charge in [-0.2, -0.15) is 15.0 Å². The van der Waals surface area contributed by atoms with Crippen LogP contribution in [-0.2, 0) is 6.54 Å². The van der Waals surface area contributed by atoms with Gasteiger partial charge in [0.05, 0.1) is 13.2 Å². The van der Waals surface area contributed by atoms with Gasteiger partial charge in [-0.15, -0.1) is 0 Å². The maximum absolute atomic E-state index is 13.0. The highest BCUT2D eigenvalue weighted by molar-refractivity contribution is 5.53. The minimum absolute atomic E-state index is 0.0290. The molecule has 0 saturated carbocycles. The molecule has 0 aliphatic heterocycles. The van der Waals surface area contributed by atoms with Crippen LogP contribution in [0.5, 0.6) is 0 Å². The van der Waals surface area contributed by atoms with Crippen molar-refractivity contribution in [3.8, 4) is 0 Å². The highest BCUT2D eigenvalue weighted by Gasteiger charge is 2.28. The topological polar surface area (TPSA) is 100 Å². The van der Waals surface area contributed by atoms with Crippen LogP contribution in [0, 0.1) is 11.2 Å². The number of aliphatic hydroxyl groups is 1. The van der Waals surface area contributed by atoms with Crippen LogP contribution in [-0.4, -0.2) is 44.7 Å². The Morgan fingerprint density at radius 2 is 1.84 bits per heavy atom. The molecule has 0 fully saturated rings. The second-order valence-electron chi connectivity index (χ2n) is 7.04. The molecular formula is C17H25FN6O. The largest absolute Gasteiger partial charge is 0.395 e. The molecule has 8 heteroatoms. The van der Waals surface area contributed by atoms with Crippen molar-refractivity contribution in [2.75, 3.05) is 24.7 Å². The zero-order valence-corrected chi connectivity index (χ0v) is 15.0. The molecular weight excluding hydrogens is 323 g/mol. The molecule has 0 aliphatic carbocycles. The third kappa shape index (κ3) is 5.33. The Morgan fingerprint density at radius 1 is 1.20 bits per heavy atom. The van der Waals surface area contributed by atoms with E-state index in [4.69, 9.17) is 5.73 Å². The summed E-state index contributed by atoms with van der Waals surface area (Å²) in [6, 6.07) is 5.80. The van der Waals surface area contributed by atoms with Crippen molar-refractivity contribution in [2.45, 2.75) is 33.4 Å². The van der Waals surface area contributed by atoms with Gasteiger partial charge in [-0.1, -0.05) is 20.8 Å². The van der Waals surface area contributed by atoms with Gasteiger partial charge in [0.15, 0.2) is 0 Å². The number of hydrogen-bond donors (Lipinski definition) is 3. The number of aromatic nitrogens is 3. The minimum Gasteiger partial charge on any atom is -0.395 e. The van der Waals surface area contributed by atoms with Crippen LogP contribution in [0.3, 0.4) is 0 Å². The Kier molecular flexibility index (Phi) is 5.86. The predicted octanol–water partition coefficient (Wildman–Crippen LogP) is 2.18. The number of likely N-dealkylation sites (N-methyl/N-ethyl adjacent to an activating group) is 1. The lowest BCUT2D eigenvalue weighted by Gasteiger charge is -2.36. The van der Waals surface area contributed by atoms with Crippen molar-refractivity contribution >= 4 is 17.6 Å². The Hall–Kier alpha value is -2.32. The van der Waals surface area contributed by atoms with Gasteiger partial charge in [0.1, 0.15) is 11.6 Å². The number of halogens is 1. The minimum atomic E-state index is -0.319. The number of nitrogens with two attached hydrogens (primary N) is 1. The van der Waals surface area contributed by atoms with E-state index in [1.54, 1.807) is 12.1 Å². The predicted molar refractivity (Wildman–Crippen MR) is 95.7 cm³/mol. The zero-order chi connectivity index (χ0) is 18.6. The van der Waals surface area contributed by atoms with Gasteiger partial charge in [0.25, 0.3) is 0 Å². The van der Waals surface area contributed by atoms with E-state index >= 15 is 0 Å². The molecule has 0 spiro atoms. The zero-order valence-electron chi connectivity index (χ0n) is 15.0. The molecule has 7 nitrogen and oxygen atoms in total. The summed E-state index contributed by atoms with van der Waals surface area (Å²) >= 11 is 0. The van der Waals surface area contributed by atoms with Crippen LogP contribution in [0.2, 0.25) is 0 Å². The van der Waals surface area contributed by atoms with Crippen LogP contribution in [0.1, 0.15) is 26.6 Å². The quantitative estimate of drug-likeness (QED) is 0.735. The number of nitrogen functional groups attached to an aromatic ring is 1. The van der Waals surface area contributed by atoms with Gasteiger partial charge in [-0.3, -0.25) is 4.90 Å². The molecule has 1 aromatic heterocycles. The van der Waals surface area contributed by atoms with Crippen molar-refractivity contribution in [3.05, 3.63) is 35.9 Å². The molecule has 2 rings (SSSR count). The maximum atomic E-state index is 13.0. The average Bonchev–Trinajstić information content (AvgIpc) is 2.48. The van der Waals surface area contributed by atoms with E-state index in [0.29, 0.717) is 24.0 Å². The summed E-state index contributed by atoms with van der Waals surface area (Å²) in [4.78, 5) is 14.6. The summed E-state index contributed by atoms with van der Waals surface area (Å²) in [5, 5.41) is 12.7. The highest BCUT2D eigenvalue weighted by Crippen LogP contribution is 2.24. The first-order valence-electron chi connectivity index (χ1n) is 8.03. The van der Waals surface area contributed by atoms with Gasteiger partial charge in [-0.05, 0) is 36.7 Å². The average molecular weight is 348 g/mol. The molecule has 4 N–H and O–H groups in total. The molecule has 0 aliphatic rings. The first-order valence-corrected chi connectivity index (χ1v) is 8.03. The fourth-order valence-corrected chi connectivity index (χ4v) is 2.63. The fraction of sp³-hybridized carbons (Fsp3) is 0.471. The monoisotopic (exact) mass is 348 g/mol. The van der Waals surface area contributed by atoms with Crippen LogP contribution >= 0.6 is 0 Å². The summed E-state index contributed by atoms with van der Waals surface area (Å²) < 4.78 is 13.0.